The van der Waals surface area contributed by atoms with Crippen LogP contribution in [0.5, 0.6) is 0 Å². The van der Waals surface area contributed by atoms with Crippen LogP contribution in [-0.2, 0) is 0 Å². The van der Waals surface area contributed by atoms with E-state index >= 15 is 0 Å². The summed E-state index contributed by atoms with van der Waals surface area (Å²) in [5.41, 5.74) is 2.77. The van der Waals surface area contributed by atoms with E-state index in [-0.39, 0.29) is 0 Å². The Balaban J connectivity index is 2.02. The normalized spacial score (nSPS) is 11.1. The minimum absolute atomic E-state index is 0.366. The van der Waals surface area contributed by atoms with Crippen LogP contribution in [0.25, 0.3) is 22.9 Å². The summed E-state index contributed by atoms with van der Waals surface area (Å²) < 4.78 is 13.2. The molecule has 3 rings (SSSR count). The summed E-state index contributed by atoms with van der Waals surface area (Å²) in [6, 6.07) is 7.19. The fraction of sp³-hybridized carbons (Fsp3) is 0.250. The molecule has 0 spiro atoms. The number of hydrogen-bond donors (Lipinski definition) is 2. The van der Waals surface area contributed by atoms with E-state index in [9.17, 15) is 10.4 Å². The Hall–Kier alpha value is -2.76. The van der Waals surface area contributed by atoms with E-state index in [4.69, 9.17) is 8.83 Å². The zero-order valence-electron chi connectivity index (χ0n) is 12.9. The first-order valence-corrected chi connectivity index (χ1v) is 6.93. The highest BCUT2D eigenvalue weighted by atomic mass is 16.5. The van der Waals surface area contributed by atoms with Gasteiger partial charge in [-0.1, -0.05) is 0 Å². The third-order valence-corrected chi connectivity index (χ3v) is 3.92. The third kappa shape index (κ3) is 2.04. The van der Waals surface area contributed by atoms with Crippen LogP contribution < -0.4 is 9.46 Å². The Morgan fingerprint density at radius 1 is 0.682 bits per heavy atom. The average Bonchev–Trinajstić information content (AvgIpc) is 2.92. The predicted molar refractivity (Wildman–Crippen MR) is 75.6 cm³/mol. The van der Waals surface area contributed by atoms with Crippen LogP contribution in [0.1, 0.15) is 22.9 Å². The first kappa shape index (κ1) is 14.2. The molecule has 114 valence electrons. The Labute approximate surface area is 127 Å². The molecular formula is C16H18N2O4+2. The summed E-state index contributed by atoms with van der Waals surface area (Å²) in [6.07, 6.45) is 0. The number of benzene rings is 1. The molecule has 0 aliphatic heterocycles. The van der Waals surface area contributed by atoms with Gasteiger partial charge in [0, 0.05) is 27.7 Å². The fourth-order valence-electron chi connectivity index (χ4n) is 2.24. The van der Waals surface area contributed by atoms with Crippen molar-refractivity contribution >= 4 is 0 Å². The second kappa shape index (κ2) is 4.91. The second-order valence-corrected chi connectivity index (χ2v) is 5.30. The Kier molecular flexibility index (Phi) is 3.16. The van der Waals surface area contributed by atoms with Crippen molar-refractivity contribution in [2.45, 2.75) is 27.7 Å². The highest BCUT2D eigenvalue weighted by molar-refractivity contribution is 5.59. The van der Waals surface area contributed by atoms with Crippen LogP contribution in [-0.4, -0.2) is 10.4 Å². The molecule has 2 aromatic heterocycles. The minimum atomic E-state index is 0.366. The highest BCUT2D eigenvalue weighted by Gasteiger charge is 2.28. The minimum Gasteiger partial charge on any atom is -0.400 e. The van der Waals surface area contributed by atoms with E-state index in [1.807, 2.05) is 0 Å². The van der Waals surface area contributed by atoms with Gasteiger partial charge in [-0.25, -0.2) is 0 Å². The lowest BCUT2D eigenvalue weighted by Gasteiger charge is -1.94. The van der Waals surface area contributed by atoms with Gasteiger partial charge in [-0.3, -0.25) is 10.4 Å². The maximum atomic E-state index is 10.0. The largest absolute Gasteiger partial charge is 0.429 e. The molecule has 22 heavy (non-hydrogen) atoms. The molecule has 2 N–H and O–H groups in total. The molecule has 2 heterocycles. The number of rotatable bonds is 2. The first-order chi connectivity index (χ1) is 10.4. The van der Waals surface area contributed by atoms with Gasteiger partial charge in [-0.15, -0.1) is 0 Å². The van der Waals surface area contributed by atoms with Crippen molar-refractivity contribution in [1.29, 1.82) is 0 Å². The fourth-order valence-corrected chi connectivity index (χ4v) is 2.24. The van der Waals surface area contributed by atoms with Crippen molar-refractivity contribution < 1.29 is 28.7 Å². The lowest BCUT2D eigenvalue weighted by atomic mass is 10.1. The van der Waals surface area contributed by atoms with E-state index < -0.39 is 0 Å². The molecule has 0 bridgehead atoms. The summed E-state index contributed by atoms with van der Waals surface area (Å²) in [4.78, 5) is 0. The molecule has 0 fully saturated rings. The lowest BCUT2D eigenvalue weighted by molar-refractivity contribution is -0.901. The van der Waals surface area contributed by atoms with Gasteiger partial charge in [0.2, 0.25) is 0 Å². The summed E-state index contributed by atoms with van der Waals surface area (Å²) in [7, 11) is 0. The van der Waals surface area contributed by atoms with E-state index in [0.29, 0.717) is 34.7 Å². The third-order valence-electron chi connectivity index (χ3n) is 3.92. The molecule has 0 unspecified atom stereocenters. The maximum absolute atomic E-state index is 10.0. The van der Waals surface area contributed by atoms with Crippen LogP contribution in [0, 0.1) is 27.7 Å². The topological polar surface area (TPSA) is 74.5 Å². The summed E-state index contributed by atoms with van der Waals surface area (Å²) in [5.74, 6) is 2.05. The van der Waals surface area contributed by atoms with E-state index in [1.165, 1.54) is 0 Å². The molecule has 0 amide bonds. The molecule has 6 heteroatoms. The summed E-state index contributed by atoms with van der Waals surface area (Å²) in [5, 5.41) is 20.0. The van der Waals surface area contributed by atoms with Gasteiger partial charge in [-0.05, 0) is 24.3 Å². The van der Waals surface area contributed by atoms with Gasteiger partial charge in [0.25, 0.3) is 11.4 Å². The Bertz CT molecular complexity index is 773. The van der Waals surface area contributed by atoms with Crippen molar-refractivity contribution in [2.75, 3.05) is 0 Å². The SMILES string of the molecule is Cc1oc(-c2ccc(-c3oc(C)c(C)[n+]3O)cc2)[n+](O)c1C. The second-order valence-electron chi connectivity index (χ2n) is 5.30. The van der Waals surface area contributed by atoms with Gasteiger partial charge in [0.05, 0.1) is 20.6 Å². The molecule has 0 aliphatic rings. The quantitative estimate of drug-likeness (QED) is 0.563. The summed E-state index contributed by atoms with van der Waals surface area (Å²) >= 11 is 0. The number of aryl methyl sites for hydroxylation is 2. The van der Waals surface area contributed by atoms with Crippen molar-refractivity contribution in [3.8, 4) is 22.9 Å². The molecule has 1 aromatic carbocycles. The van der Waals surface area contributed by atoms with Crippen LogP contribution in [0.4, 0.5) is 0 Å². The molecular weight excluding hydrogens is 284 g/mol. The zero-order chi connectivity index (χ0) is 16.0. The number of aromatic nitrogens is 2. The van der Waals surface area contributed by atoms with Gasteiger partial charge >= 0.3 is 11.8 Å². The number of nitrogens with zero attached hydrogens (tertiary/aromatic N) is 2. The summed E-state index contributed by atoms with van der Waals surface area (Å²) in [6.45, 7) is 7.14. The molecule has 0 saturated carbocycles. The standard InChI is InChI=1S/C16H18N2O4/c1-9-11(3)21-15(17(9)19)13-5-7-14(8-6-13)16-18(20)10(2)12(4)22-16/h5-8,19-20H,1-4H3/q+2. The molecule has 0 radical (unpaired) electrons. The average molecular weight is 302 g/mol. The van der Waals surface area contributed by atoms with E-state index in [0.717, 1.165) is 20.6 Å². The van der Waals surface area contributed by atoms with Crippen molar-refractivity contribution in [3.63, 3.8) is 0 Å². The van der Waals surface area contributed by atoms with Crippen LogP contribution in [0.3, 0.4) is 0 Å². The van der Waals surface area contributed by atoms with Gasteiger partial charge in [0.15, 0.2) is 11.5 Å². The zero-order valence-corrected chi connectivity index (χ0v) is 12.9. The first-order valence-electron chi connectivity index (χ1n) is 6.93. The number of hydrogen-bond acceptors (Lipinski definition) is 4. The van der Waals surface area contributed by atoms with E-state index in [1.54, 1.807) is 52.0 Å². The van der Waals surface area contributed by atoms with Gasteiger partial charge in [-0.2, -0.15) is 0 Å². The smallest absolute Gasteiger partial charge is 0.400 e. The highest BCUT2D eigenvalue weighted by Crippen LogP contribution is 2.24. The molecule has 0 atom stereocenters. The van der Waals surface area contributed by atoms with Crippen molar-refractivity contribution in [2.24, 2.45) is 0 Å². The molecule has 3 aromatic rings. The monoisotopic (exact) mass is 302 g/mol. The van der Waals surface area contributed by atoms with E-state index in [2.05, 4.69) is 0 Å². The molecule has 6 nitrogen and oxygen atoms in total. The molecule has 0 aliphatic carbocycles. The molecule has 0 saturated heterocycles. The predicted octanol–water partition coefficient (Wildman–Crippen LogP) is 2.49. The maximum Gasteiger partial charge on any atom is 0.429 e. The van der Waals surface area contributed by atoms with Crippen LogP contribution in [0.2, 0.25) is 0 Å². The van der Waals surface area contributed by atoms with Gasteiger partial charge in [0.1, 0.15) is 0 Å². The van der Waals surface area contributed by atoms with Gasteiger partial charge < -0.3 is 8.83 Å². The number of oxazole rings is 2. The Morgan fingerprint density at radius 3 is 1.23 bits per heavy atom. The Morgan fingerprint density at radius 2 is 1.00 bits per heavy atom. The van der Waals surface area contributed by atoms with Crippen molar-refractivity contribution in [3.05, 3.63) is 47.2 Å². The van der Waals surface area contributed by atoms with Crippen molar-refractivity contribution in [1.82, 2.24) is 0 Å². The van der Waals surface area contributed by atoms with Crippen LogP contribution >= 0.6 is 0 Å². The van der Waals surface area contributed by atoms with Crippen LogP contribution in [0.15, 0.2) is 33.1 Å². The lowest BCUT2D eigenvalue weighted by Crippen LogP contribution is -2.33.